The first-order valence-electron chi connectivity index (χ1n) is 11.4. The summed E-state index contributed by atoms with van der Waals surface area (Å²) in [5.74, 6) is 1.08. The fraction of sp³-hybridized carbons (Fsp3) is 0.565. The highest BCUT2D eigenvalue weighted by molar-refractivity contribution is 7.86. The average molecular weight is 461 g/mol. The summed E-state index contributed by atoms with van der Waals surface area (Å²) in [6, 6.07) is 9.68. The first kappa shape index (κ1) is 22.9. The third-order valence-corrected chi connectivity index (χ3v) is 8.65. The van der Waals surface area contributed by atoms with Gasteiger partial charge in [-0.2, -0.15) is 17.0 Å². The second-order valence-corrected chi connectivity index (χ2v) is 10.6. The number of rotatable bonds is 6. The molecule has 1 aliphatic carbocycles. The van der Waals surface area contributed by atoms with Crippen LogP contribution in [0.5, 0.6) is 0 Å². The van der Waals surface area contributed by atoms with Crippen molar-refractivity contribution in [1.82, 2.24) is 18.5 Å². The molecule has 0 N–H and O–H groups in total. The molecule has 174 valence electrons. The third kappa shape index (κ3) is 4.89. The molecule has 1 aliphatic heterocycles. The fourth-order valence-corrected chi connectivity index (χ4v) is 6.11. The largest absolute Gasteiger partial charge is 0.441 e. The van der Waals surface area contributed by atoms with E-state index in [1.54, 1.807) is 16.3 Å². The predicted octanol–water partition coefficient (Wildman–Crippen LogP) is 2.85. The van der Waals surface area contributed by atoms with E-state index in [2.05, 4.69) is 4.98 Å². The molecule has 0 bridgehead atoms. The van der Waals surface area contributed by atoms with Crippen LogP contribution in [0.15, 0.2) is 34.7 Å². The molecular weight excluding hydrogens is 428 g/mol. The molecule has 32 heavy (non-hydrogen) atoms. The standard InChI is InChI=1S/C23H32N4O4S/c1-18-21(24-23(31-18)19-9-5-3-6-10-19)17-22(28)26-13-15-27(16-14-26)32(29,30)25(2)20-11-7-4-8-12-20/h3,5-6,9-10,20H,4,7-8,11-17H2,1-2H3. The molecule has 0 unspecified atom stereocenters. The lowest BCUT2D eigenvalue weighted by Crippen LogP contribution is -2.55. The van der Waals surface area contributed by atoms with Crippen LogP contribution >= 0.6 is 0 Å². The van der Waals surface area contributed by atoms with Gasteiger partial charge in [-0.25, -0.2) is 4.98 Å². The topological polar surface area (TPSA) is 87.0 Å². The Hall–Kier alpha value is -2.23. The van der Waals surface area contributed by atoms with Gasteiger partial charge < -0.3 is 9.32 Å². The van der Waals surface area contributed by atoms with Crippen LogP contribution in [0.1, 0.15) is 43.6 Å². The van der Waals surface area contributed by atoms with E-state index in [0.29, 0.717) is 43.5 Å². The fourth-order valence-electron chi connectivity index (χ4n) is 4.53. The van der Waals surface area contributed by atoms with Gasteiger partial charge in [-0.3, -0.25) is 4.79 Å². The summed E-state index contributed by atoms with van der Waals surface area (Å²) in [7, 11) is -1.81. The van der Waals surface area contributed by atoms with Crippen molar-refractivity contribution < 1.29 is 17.6 Å². The van der Waals surface area contributed by atoms with Crippen LogP contribution in [-0.4, -0.2) is 72.1 Å². The van der Waals surface area contributed by atoms with Gasteiger partial charge in [0, 0.05) is 44.8 Å². The van der Waals surface area contributed by atoms with E-state index in [9.17, 15) is 13.2 Å². The van der Waals surface area contributed by atoms with Crippen LogP contribution < -0.4 is 0 Å². The summed E-state index contributed by atoms with van der Waals surface area (Å²) in [6.07, 6.45) is 5.35. The van der Waals surface area contributed by atoms with E-state index in [0.717, 1.165) is 31.2 Å². The van der Waals surface area contributed by atoms with Gasteiger partial charge in [0.1, 0.15) is 5.76 Å². The van der Waals surface area contributed by atoms with E-state index in [1.807, 2.05) is 37.3 Å². The minimum absolute atomic E-state index is 0.0568. The van der Waals surface area contributed by atoms with Gasteiger partial charge in [-0.1, -0.05) is 37.5 Å². The van der Waals surface area contributed by atoms with E-state index in [-0.39, 0.29) is 18.4 Å². The molecule has 1 aromatic heterocycles. The highest BCUT2D eigenvalue weighted by Gasteiger charge is 2.35. The first-order chi connectivity index (χ1) is 15.4. The monoisotopic (exact) mass is 460 g/mol. The molecule has 2 fully saturated rings. The van der Waals surface area contributed by atoms with Crippen molar-refractivity contribution in [2.24, 2.45) is 0 Å². The summed E-state index contributed by atoms with van der Waals surface area (Å²) >= 11 is 0. The van der Waals surface area contributed by atoms with Crippen molar-refractivity contribution >= 4 is 16.1 Å². The molecule has 9 heteroatoms. The maximum absolute atomic E-state index is 13.1. The van der Waals surface area contributed by atoms with Crippen LogP contribution in [0.4, 0.5) is 0 Å². The molecule has 2 aromatic rings. The lowest BCUT2D eigenvalue weighted by Gasteiger charge is -2.38. The van der Waals surface area contributed by atoms with E-state index in [4.69, 9.17) is 4.42 Å². The smallest absolute Gasteiger partial charge is 0.282 e. The third-order valence-electron chi connectivity index (χ3n) is 6.60. The number of aryl methyl sites for hydroxylation is 1. The lowest BCUT2D eigenvalue weighted by atomic mass is 9.96. The Morgan fingerprint density at radius 1 is 1.09 bits per heavy atom. The molecule has 2 heterocycles. The number of hydrogen-bond acceptors (Lipinski definition) is 5. The maximum atomic E-state index is 13.1. The molecule has 1 aromatic carbocycles. The number of amides is 1. The molecule has 0 spiro atoms. The Kier molecular flexibility index (Phi) is 6.97. The molecule has 8 nitrogen and oxygen atoms in total. The van der Waals surface area contributed by atoms with Gasteiger partial charge in [-0.05, 0) is 31.9 Å². The molecule has 1 saturated heterocycles. The van der Waals surface area contributed by atoms with Crippen LogP contribution in [0.25, 0.3) is 11.5 Å². The van der Waals surface area contributed by atoms with Gasteiger partial charge in [0.2, 0.25) is 11.8 Å². The van der Waals surface area contributed by atoms with E-state index >= 15 is 0 Å². The quantitative estimate of drug-likeness (QED) is 0.662. The van der Waals surface area contributed by atoms with Crippen molar-refractivity contribution in [2.45, 2.75) is 51.5 Å². The highest BCUT2D eigenvalue weighted by atomic mass is 32.2. The SMILES string of the molecule is Cc1oc(-c2ccccc2)nc1CC(=O)N1CCN(S(=O)(=O)N(C)C2CCCCC2)CC1. The first-order valence-corrected chi connectivity index (χ1v) is 12.8. The van der Waals surface area contributed by atoms with E-state index in [1.165, 1.54) is 10.7 Å². The summed E-state index contributed by atoms with van der Waals surface area (Å²) in [5, 5.41) is 0. The van der Waals surface area contributed by atoms with Crippen LogP contribution in [-0.2, 0) is 21.4 Å². The number of hydrogen-bond donors (Lipinski definition) is 0. The number of aromatic nitrogens is 1. The zero-order chi connectivity index (χ0) is 22.7. The highest BCUT2D eigenvalue weighted by Crippen LogP contribution is 2.26. The minimum atomic E-state index is -3.50. The lowest BCUT2D eigenvalue weighted by molar-refractivity contribution is -0.131. The van der Waals surface area contributed by atoms with Crippen LogP contribution in [0, 0.1) is 6.92 Å². The molecule has 4 rings (SSSR count). The summed E-state index contributed by atoms with van der Waals surface area (Å²) in [4.78, 5) is 19.1. The Bertz CT molecular complexity index is 1020. The number of oxazole rings is 1. The normalized spacial score (nSPS) is 18.9. The maximum Gasteiger partial charge on any atom is 0.282 e. The number of carbonyl (C=O) groups is 1. The predicted molar refractivity (Wildman–Crippen MR) is 122 cm³/mol. The molecular formula is C23H32N4O4S. The summed E-state index contributed by atoms with van der Waals surface area (Å²) < 4.78 is 34.9. The van der Waals surface area contributed by atoms with Crippen molar-refractivity contribution in [2.75, 3.05) is 33.2 Å². The number of benzene rings is 1. The van der Waals surface area contributed by atoms with Crippen molar-refractivity contribution in [1.29, 1.82) is 0 Å². The van der Waals surface area contributed by atoms with Gasteiger partial charge >= 0.3 is 0 Å². The Balaban J connectivity index is 1.34. The van der Waals surface area contributed by atoms with Crippen molar-refractivity contribution in [3.05, 3.63) is 41.8 Å². The number of piperazine rings is 1. The van der Waals surface area contributed by atoms with E-state index < -0.39 is 10.2 Å². The van der Waals surface area contributed by atoms with Crippen molar-refractivity contribution in [3.63, 3.8) is 0 Å². The number of nitrogens with zero attached hydrogens (tertiary/aromatic N) is 4. The Morgan fingerprint density at radius 3 is 2.41 bits per heavy atom. The minimum Gasteiger partial charge on any atom is -0.441 e. The van der Waals surface area contributed by atoms with Crippen LogP contribution in [0.3, 0.4) is 0 Å². The van der Waals surface area contributed by atoms with Gasteiger partial charge in [0.25, 0.3) is 10.2 Å². The zero-order valence-corrected chi connectivity index (χ0v) is 19.7. The van der Waals surface area contributed by atoms with Gasteiger partial charge in [-0.15, -0.1) is 0 Å². The second-order valence-electron chi connectivity index (χ2n) is 8.66. The second kappa shape index (κ2) is 9.72. The number of carbonyl (C=O) groups excluding carboxylic acids is 1. The average Bonchev–Trinajstić information content (AvgIpc) is 3.19. The molecule has 0 radical (unpaired) electrons. The Labute approximate surface area is 190 Å². The van der Waals surface area contributed by atoms with Gasteiger partial charge in [0.05, 0.1) is 12.1 Å². The molecule has 2 aliphatic rings. The summed E-state index contributed by atoms with van der Waals surface area (Å²) in [6.45, 7) is 3.22. The zero-order valence-electron chi connectivity index (χ0n) is 18.9. The van der Waals surface area contributed by atoms with Crippen molar-refractivity contribution in [3.8, 4) is 11.5 Å². The molecule has 1 amide bonds. The Morgan fingerprint density at radius 2 is 1.75 bits per heavy atom. The van der Waals surface area contributed by atoms with Gasteiger partial charge in [0.15, 0.2) is 0 Å². The molecule has 1 saturated carbocycles. The summed E-state index contributed by atoms with van der Waals surface area (Å²) in [5.41, 5.74) is 1.50. The molecule has 0 atom stereocenters. The van der Waals surface area contributed by atoms with Crippen LogP contribution in [0.2, 0.25) is 0 Å².